The monoisotopic (exact) mass is 553 g/mol. The van der Waals surface area contributed by atoms with Crippen molar-refractivity contribution >= 4 is 23.5 Å². The van der Waals surface area contributed by atoms with Gasteiger partial charge in [-0.3, -0.25) is 9.69 Å². The van der Waals surface area contributed by atoms with E-state index in [1.807, 2.05) is 25.1 Å². The zero-order valence-electron chi connectivity index (χ0n) is 23.7. The van der Waals surface area contributed by atoms with Crippen LogP contribution in [-0.2, 0) is 20.8 Å². The Balaban J connectivity index is 0.000000482. The van der Waals surface area contributed by atoms with Crippen LogP contribution < -0.4 is 15.0 Å². The van der Waals surface area contributed by atoms with Crippen LogP contribution in [0.15, 0.2) is 42.5 Å². The topological polar surface area (TPSA) is 140 Å². The first-order valence-electron chi connectivity index (χ1n) is 13.2. The van der Waals surface area contributed by atoms with E-state index in [9.17, 15) is 19.5 Å². The summed E-state index contributed by atoms with van der Waals surface area (Å²) in [5.41, 5.74) is 5.15. The number of benzene rings is 2. The molecule has 0 saturated carbocycles. The molecule has 2 aromatic carbocycles. The molecule has 1 aliphatic carbocycles. The first kappa shape index (κ1) is 30.5. The number of nitrogens with one attached hydrogen (secondary N) is 1. The van der Waals surface area contributed by atoms with Gasteiger partial charge >= 0.3 is 11.9 Å². The third kappa shape index (κ3) is 7.53. The number of carbonyl (C=O) groups is 3. The zero-order valence-corrected chi connectivity index (χ0v) is 23.7. The molecule has 0 bridgehead atoms. The average Bonchev–Trinajstić information content (AvgIpc) is 3.17. The molecule has 0 aromatic heterocycles. The van der Waals surface area contributed by atoms with Crippen molar-refractivity contribution in [2.45, 2.75) is 40.2 Å². The van der Waals surface area contributed by atoms with Crippen molar-refractivity contribution in [1.82, 2.24) is 10.2 Å². The van der Waals surface area contributed by atoms with Crippen LogP contribution in [0.3, 0.4) is 0 Å². The predicted molar refractivity (Wildman–Crippen MR) is 152 cm³/mol. The molecule has 0 radical (unpaired) electrons. The molecule has 1 amide bonds. The molecule has 10 heteroatoms. The molecule has 10 nitrogen and oxygen atoms in total. The number of aryl methyl sites for hydroxylation is 2. The number of aromatic hydroxyl groups is 1. The molecule has 4 rings (SSSR count). The summed E-state index contributed by atoms with van der Waals surface area (Å²) in [6.45, 7) is 12.1. The van der Waals surface area contributed by atoms with Gasteiger partial charge in [-0.05, 0) is 54.5 Å². The normalized spacial score (nSPS) is 18.0. The second-order valence-electron chi connectivity index (χ2n) is 10.9. The Morgan fingerprint density at radius 2 is 1.65 bits per heavy atom. The predicted octanol–water partition coefficient (Wildman–Crippen LogP) is 3.29. The Morgan fingerprint density at radius 3 is 2.23 bits per heavy atom. The highest BCUT2D eigenvalue weighted by Gasteiger charge is 2.43. The van der Waals surface area contributed by atoms with Gasteiger partial charge < -0.3 is 30.3 Å². The number of aliphatic carboxylic acids is 2. The van der Waals surface area contributed by atoms with Gasteiger partial charge in [0.1, 0.15) is 11.5 Å². The molecule has 1 unspecified atom stereocenters. The maximum Gasteiger partial charge on any atom is 0.328 e. The summed E-state index contributed by atoms with van der Waals surface area (Å²) in [5, 5.41) is 29.7. The largest absolute Gasteiger partial charge is 0.507 e. The molecule has 4 N–H and O–H groups in total. The molecule has 2 aliphatic rings. The van der Waals surface area contributed by atoms with E-state index in [0.29, 0.717) is 24.4 Å². The van der Waals surface area contributed by atoms with Gasteiger partial charge in [0.05, 0.1) is 19.7 Å². The maximum absolute atomic E-state index is 13.0. The van der Waals surface area contributed by atoms with Crippen molar-refractivity contribution in [3.63, 3.8) is 0 Å². The van der Waals surface area contributed by atoms with E-state index in [1.54, 1.807) is 7.11 Å². The van der Waals surface area contributed by atoms with Crippen LogP contribution in [0.2, 0.25) is 0 Å². The first-order valence-corrected chi connectivity index (χ1v) is 13.2. The summed E-state index contributed by atoms with van der Waals surface area (Å²) in [7, 11) is 1.68. The van der Waals surface area contributed by atoms with E-state index in [2.05, 4.69) is 48.0 Å². The number of phenolic OH excluding ortho intramolecular Hbond substituents is 1. The van der Waals surface area contributed by atoms with E-state index in [4.69, 9.17) is 14.9 Å². The van der Waals surface area contributed by atoms with Crippen LogP contribution >= 0.6 is 0 Å². The number of fused-ring (bicyclic) bond motifs is 1. The Morgan fingerprint density at radius 1 is 1.02 bits per heavy atom. The Kier molecular flexibility index (Phi) is 9.81. The smallest absolute Gasteiger partial charge is 0.328 e. The van der Waals surface area contributed by atoms with Gasteiger partial charge in [-0.1, -0.05) is 26.0 Å². The summed E-state index contributed by atoms with van der Waals surface area (Å²) >= 11 is 0. The third-order valence-corrected chi connectivity index (χ3v) is 7.40. The fraction of sp³-hybridized carbons (Fsp3) is 0.433. The summed E-state index contributed by atoms with van der Waals surface area (Å²) in [4.78, 5) is 36.7. The van der Waals surface area contributed by atoms with E-state index in [0.717, 1.165) is 55.2 Å². The van der Waals surface area contributed by atoms with Gasteiger partial charge in [-0.2, -0.15) is 0 Å². The van der Waals surface area contributed by atoms with Crippen molar-refractivity contribution in [2.75, 3.05) is 44.7 Å². The molecule has 2 aromatic rings. The lowest BCUT2D eigenvalue weighted by molar-refractivity contribution is -0.134. The number of hydrogen-bond donors (Lipinski definition) is 4. The fourth-order valence-electron chi connectivity index (χ4n) is 5.33. The Labute approximate surface area is 234 Å². The summed E-state index contributed by atoms with van der Waals surface area (Å²) < 4.78 is 5.34. The van der Waals surface area contributed by atoms with Crippen molar-refractivity contribution < 1.29 is 34.4 Å². The number of methoxy groups -OCH3 is 1. The SMILES string of the molecule is COc1cccc(N2CCN(CC(=O)NC3c4c(O)c(C)cc(C)c4CC3(C)C)CC2)c1.O=C(O)/C=C/C(=O)O. The molecule has 0 spiro atoms. The van der Waals surface area contributed by atoms with Crippen molar-refractivity contribution in [2.24, 2.45) is 5.41 Å². The average molecular weight is 554 g/mol. The molecular weight excluding hydrogens is 514 g/mol. The minimum absolute atomic E-state index is 0.0179. The minimum atomic E-state index is -1.26. The van der Waals surface area contributed by atoms with E-state index < -0.39 is 11.9 Å². The lowest BCUT2D eigenvalue weighted by Gasteiger charge is -2.36. The minimum Gasteiger partial charge on any atom is -0.507 e. The van der Waals surface area contributed by atoms with Gasteiger partial charge in [-0.15, -0.1) is 0 Å². The van der Waals surface area contributed by atoms with Gasteiger partial charge in [0.25, 0.3) is 0 Å². The van der Waals surface area contributed by atoms with E-state index in [1.165, 1.54) is 11.1 Å². The van der Waals surface area contributed by atoms with E-state index >= 15 is 0 Å². The molecule has 40 heavy (non-hydrogen) atoms. The van der Waals surface area contributed by atoms with Crippen LogP contribution in [-0.4, -0.2) is 77.9 Å². The number of nitrogens with zero attached hydrogens (tertiary/aromatic N) is 2. The number of hydrogen-bond acceptors (Lipinski definition) is 7. The Bertz CT molecular complexity index is 1260. The van der Waals surface area contributed by atoms with Gasteiger partial charge in [0.15, 0.2) is 0 Å². The van der Waals surface area contributed by atoms with Crippen LogP contribution in [0.25, 0.3) is 0 Å². The number of piperazine rings is 1. The maximum atomic E-state index is 13.0. The van der Waals surface area contributed by atoms with Crippen molar-refractivity contribution in [3.8, 4) is 11.5 Å². The fourth-order valence-corrected chi connectivity index (χ4v) is 5.33. The van der Waals surface area contributed by atoms with Crippen LogP contribution in [0, 0.1) is 19.3 Å². The molecule has 1 aliphatic heterocycles. The molecule has 1 saturated heterocycles. The lowest BCUT2D eigenvalue weighted by Crippen LogP contribution is -2.50. The molecule has 1 atom stereocenters. The zero-order chi connectivity index (χ0) is 29.6. The van der Waals surface area contributed by atoms with Crippen molar-refractivity contribution in [3.05, 3.63) is 64.7 Å². The number of anilines is 1. The second-order valence-corrected chi connectivity index (χ2v) is 10.9. The molecular formula is C30H39N3O7. The third-order valence-electron chi connectivity index (χ3n) is 7.40. The number of amides is 1. The Hall–Kier alpha value is -4.05. The van der Waals surface area contributed by atoms with Gasteiger partial charge in [0, 0.05) is 55.6 Å². The standard InChI is InChI=1S/C26H35N3O3.C4H4O4/c1-17-13-18(2)24(31)23-21(17)15-26(3,4)25(23)27-22(30)16-28-9-11-29(12-10-28)19-7-6-8-20(14-19)32-5;5-3(6)1-2-4(7)8/h6-8,13-14,25,31H,9-12,15-16H2,1-5H3,(H,27,30);1-2H,(H,5,6)(H,7,8)/b;2-1+. The number of phenols is 1. The number of rotatable bonds is 7. The highest BCUT2D eigenvalue weighted by molar-refractivity contribution is 5.89. The summed E-state index contributed by atoms with van der Waals surface area (Å²) in [6.07, 6.45) is 1.97. The molecule has 1 fully saturated rings. The number of carboxylic acids is 2. The van der Waals surface area contributed by atoms with Gasteiger partial charge in [-0.25, -0.2) is 9.59 Å². The number of carboxylic acid groups (broad SMARTS) is 2. The highest BCUT2D eigenvalue weighted by atomic mass is 16.5. The quantitative estimate of drug-likeness (QED) is 0.380. The van der Waals surface area contributed by atoms with Gasteiger partial charge in [0.2, 0.25) is 5.91 Å². The number of ether oxygens (including phenoxy) is 1. The number of carbonyl (C=O) groups excluding carboxylic acids is 1. The van der Waals surface area contributed by atoms with Crippen LogP contribution in [0.5, 0.6) is 11.5 Å². The summed E-state index contributed by atoms with van der Waals surface area (Å²) in [5.74, 6) is -1.31. The molecule has 216 valence electrons. The van der Waals surface area contributed by atoms with Crippen LogP contribution in [0.4, 0.5) is 5.69 Å². The van der Waals surface area contributed by atoms with Crippen molar-refractivity contribution in [1.29, 1.82) is 0 Å². The van der Waals surface area contributed by atoms with E-state index in [-0.39, 0.29) is 17.4 Å². The van der Waals surface area contributed by atoms with Crippen LogP contribution in [0.1, 0.15) is 42.1 Å². The lowest BCUT2D eigenvalue weighted by atomic mass is 9.85. The highest BCUT2D eigenvalue weighted by Crippen LogP contribution is 2.50. The molecule has 1 heterocycles. The first-order chi connectivity index (χ1) is 18.8. The summed E-state index contributed by atoms with van der Waals surface area (Å²) in [6, 6.07) is 9.97. The second kappa shape index (κ2) is 12.9.